The van der Waals surface area contributed by atoms with Gasteiger partial charge in [0, 0.05) is 0 Å². The van der Waals surface area contributed by atoms with Crippen LogP contribution in [-0.2, 0) is 24.6 Å². The molecule has 0 aromatic carbocycles. The van der Waals surface area contributed by atoms with Gasteiger partial charge in [-0.15, -0.1) is 32.0 Å². The summed E-state index contributed by atoms with van der Waals surface area (Å²) in [7, 11) is -4.67. The van der Waals surface area contributed by atoms with Crippen molar-refractivity contribution in [2.45, 2.75) is 12.2 Å². The first kappa shape index (κ1) is 28.1. The molecule has 0 rings (SSSR count). The Balaban J connectivity index is -0.000000504. The Morgan fingerprint density at radius 3 is 1.36 bits per heavy atom. The largest absolute Gasteiger partial charge is 0.394 e. The van der Waals surface area contributed by atoms with Crippen LogP contribution in [0.1, 0.15) is 0 Å². The van der Waals surface area contributed by atoms with Crippen molar-refractivity contribution < 1.29 is 31.7 Å². The third-order valence-electron chi connectivity index (χ3n) is 1.91. The molecule has 7 nitrogen and oxygen atoms in total. The van der Waals surface area contributed by atoms with Crippen LogP contribution in [0.4, 0.5) is 0 Å². The van der Waals surface area contributed by atoms with E-state index in [9.17, 15) is 0 Å². The van der Waals surface area contributed by atoms with Gasteiger partial charge in [0.2, 0.25) is 0 Å². The molecule has 0 aromatic heterocycles. The minimum Gasteiger partial charge on any atom is -0.374 e. The minimum atomic E-state index is -4.67. The Hall–Kier alpha value is -1.77. The van der Waals surface area contributed by atoms with Gasteiger partial charge in [0.25, 0.3) is 0 Å². The molecule has 0 saturated carbocycles. The van der Waals surface area contributed by atoms with E-state index < -0.39 is 10.4 Å². The van der Waals surface area contributed by atoms with Crippen LogP contribution >= 0.6 is 0 Å². The lowest BCUT2D eigenvalue weighted by molar-refractivity contribution is -0.0408. The maximum Gasteiger partial charge on any atom is 0.394 e. The summed E-state index contributed by atoms with van der Waals surface area (Å²) in [4.78, 5) is 0. The van der Waals surface area contributed by atoms with E-state index >= 15 is 0 Å². The fourth-order valence-electron chi connectivity index (χ4n) is 1.09. The first-order valence-electron chi connectivity index (χ1n) is 6.96. The summed E-state index contributed by atoms with van der Waals surface area (Å²) in [6.45, 7) is 22.7. The Morgan fingerprint density at radius 1 is 0.880 bits per heavy atom. The van der Waals surface area contributed by atoms with Gasteiger partial charge in [0.15, 0.2) is 0 Å². The molecule has 0 aliphatic rings. The second-order valence-corrected chi connectivity index (χ2v) is 4.93. The summed E-state index contributed by atoms with van der Waals surface area (Å²) in [5.41, 5.74) is 2.25. The lowest BCUT2D eigenvalue weighted by atomic mass is 10.3. The van der Waals surface area contributed by atoms with Crippen molar-refractivity contribution in [1.82, 2.24) is 0 Å². The number of hydrogen-bond donors (Lipinski definition) is 2. The van der Waals surface area contributed by atoms with Gasteiger partial charge in [-0.1, -0.05) is 37.5 Å². The zero-order valence-corrected chi connectivity index (χ0v) is 15.2. The average molecular weight is 376 g/mol. The normalized spacial score (nSPS) is 11.9. The lowest BCUT2D eigenvalue weighted by Gasteiger charge is -2.20. The quantitative estimate of drug-likeness (QED) is 0.234. The molecule has 0 saturated heterocycles. The molecule has 2 atom stereocenters. The molecule has 0 spiro atoms. The van der Waals surface area contributed by atoms with Gasteiger partial charge in [-0.05, 0) is 0 Å². The third kappa shape index (κ3) is 34.5. The van der Waals surface area contributed by atoms with Crippen molar-refractivity contribution in [3.05, 3.63) is 69.5 Å². The second-order valence-electron chi connectivity index (χ2n) is 4.03. The fraction of sp³-hybridized carbons (Fsp3) is 0.353. The van der Waals surface area contributed by atoms with E-state index in [1.165, 1.54) is 0 Å². The maximum absolute atomic E-state index is 8.74. The van der Waals surface area contributed by atoms with Crippen LogP contribution in [0.25, 0.3) is 0 Å². The molecule has 144 valence electrons. The Labute approximate surface area is 150 Å². The molecular formula is C17H28O7S. The smallest absolute Gasteiger partial charge is 0.374 e. The van der Waals surface area contributed by atoms with E-state index in [4.69, 9.17) is 31.7 Å². The van der Waals surface area contributed by atoms with Gasteiger partial charge < -0.3 is 14.2 Å². The molecule has 0 aliphatic carbocycles. The molecule has 2 unspecified atom stereocenters. The summed E-state index contributed by atoms with van der Waals surface area (Å²) in [6.07, 6.45) is 6.44. The predicted molar refractivity (Wildman–Crippen MR) is 100 cm³/mol. The van der Waals surface area contributed by atoms with Crippen LogP contribution in [-0.4, -0.2) is 56.2 Å². The van der Waals surface area contributed by atoms with E-state index in [-0.39, 0.29) is 12.2 Å². The predicted octanol–water partition coefficient (Wildman–Crippen LogP) is 2.82. The Kier molecular flexibility index (Phi) is 22.7. The van der Waals surface area contributed by atoms with Crippen LogP contribution in [0.3, 0.4) is 0 Å². The summed E-state index contributed by atoms with van der Waals surface area (Å²) in [6, 6.07) is 0. The minimum absolute atomic E-state index is 0.176. The van der Waals surface area contributed by atoms with Gasteiger partial charge in [-0.3, -0.25) is 9.11 Å². The molecule has 2 N–H and O–H groups in total. The lowest BCUT2D eigenvalue weighted by Crippen LogP contribution is -2.27. The first-order chi connectivity index (χ1) is 11.7. The first-order valence-corrected chi connectivity index (χ1v) is 8.36. The van der Waals surface area contributed by atoms with Crippen LogP contribution in [0, 0.1) is 0 Å². The van der Waals surface area contributed by atoms with Gasteiger partial charge in [-0.25, -0.2) is 0 Å². The topological polar surface area (TPSA) is 102 Å². The molecule has 0 aromatic rings. The van der Waals surface area contributed by atoms with Gasteiger partial charge in [0.05, 0.1) is 38.6 Å². The molecule has 0 fully saturated rings. The summed E-state index contributed by atoms with van der Waals surface area (Å²) < 4.78 is 47.9. The summed E-state index contributed by atoms with van der Waals surface area (Å²) >= 11 is 0. The van der Waals surface area contributed by atoms with Crippen LogP contribution in [0.5, 0.6) is 0 Å². The van der Waals surface area contributed by atoms with Crippen LogP contribution < -0.4 is 0 Å². The number of ether oxygens (including phenoxy) is 3. The van der Waals surface area contributed by atoms with Crippen molar-refractivity contribution in [2.75, 3.05) is 26.4 Å². The molecule has 0 bridgehead atoms. The fourth-order valence-corrected chi connectivity index (χ4v) is 1.09. The van der Waals surface area contributed by atoms with Crippen molar-refractivity contribution in [3.8, 4) is 0 Å². The standard InChI is InChI=1S/C14H22O3.C3H4.H2O4S/c1-5-9-15-11-13(7-3)17-14(8-4)12-16-10-6-2;1-3-2;1-5(2,3)4/h5-8,13-14H,1-4,9-12H2;1-2H2;(H2,1,2,3,4). The molecule has 25 heavy (non-hydrogen) atoms. The summed E-state index contributed by atoms with van der Waals surface area (Å²) in [5.74, 6) is 0. The van der Waals surface area contributed by atoms with Gasteiger partial charge in [-0.2, -0.15) is 8.42 Å². The highest BCUT2D eigenvalue weighted by atomic mass is 32.3. The van der Waals surface area contributed by atoms with E-state index in [1.54, 1.807) is 24.3 Å². The van der Waals surface area contributed by atoms with Crippen molar-refractivity contribution in [2.24, 2.45) is 0 Å². The van der Waals surface area contributed by atoms with Crippen molar-refractivity contribution in [3.63, 3.8) is 0 Å². The van der Waals surface area contributed by atoms with Gasteiger partial charge >= 0.3 is 10.4 Å². The van der Waals surface area contributed by atoms with Crippen LogP contribution in [0.2, 0.25) is 0 Å². The monoisotopic (exact) mass is 376 g/mol. The number of hydrogen-bond acceptors (Lipinski definition) is 5. The van der Waals surface area contributed by atoms with E-state index in [0.717, 1.165) is 0 Å². The second kappa shape index (κ2) is 20.3. The zero-order chi connectivity index (χ0) is 20.1. The van der Waals surface area contributed by atoms with E-state index in [0.29, 0.717) is 26.4 Å². The van der Waals surface area contributed by atoms with E-state index in [1.807, 2.05) is 0 Å². The van der Waals surface area contributed by atoms with E-state index in [2.05, 4.69) is 45.2 Å². The average Bonchev–Trinajstić information content (AvgIpc) is 2.52. The molecular weight excluding hydrogens is 348 g/mol. The van der Waals surface area contributed by atoms with Crippen molar-refractivity contribution in [1.29, 1.82) is 0 Å². The molecule has 0 radical (unpaired) electrons. The Morgan fingerprint density at radius 2 is 1.16 bits per heavy atom. The molecule has 8 heteroatoms. The molecule has 0 heterocycles. The summed E-state index contributed by atoms with van der Waals surface area (Å²) in [5, 5.41) is 0. The maximum atomic E-state index is 8.74. The SMILES string of the molecule is C=C=C.C=CCOCC(C=C)OC(C=C)COCC=C.O=S(=O)(O)O. The van der Waals surface area contributed by atoms with Crippen LogP contribution in [0.15, 0.2) is 69.5 Å². The Bertz CT molecular complexity index is 459. The van der Waals surface area contributed by atoms with Crippen molar-refractivity contribution >= 4 is 10.4 Å². The van der Waals surface area contributed by atoms with Gasteiger partial charge in [0.1, 0.15) is 0 Å². The molecule has 0 aliphatic heterocycles. The number of rotatable bonds is 12. The highest BCUT2D eigenvalue weighted by Gasteiger charge is 2.11. The third-order valence-corrected chi connectivity index (χ3v) is 1.91. The highest BCUT2D eigenvalue weighted by Crippen LogP contribution is 2.03. The molecule has 0 amide bonds. The highest BCUT2D eigenvalue weighted by molar-refractivity contribution is 7.79. The zero-order valence-electron chi connectivity index (χ0n) is 14.4.